The van der Waals surface area contributed by atoms with Crippen molar-refractivity contribution in [1.29, 1.82) is 0 Å². The molecular weight excluding hydrogens is 384 g/mol. The Bertz CT molecular complexity index is 877. The van der Waals surface area contributed by atoms with E-state index in [0.717, 1.165) is 32.8 Å². The summed E-state index contributed by atoms with van der Waals surface area (Å²) < 4.78 is 6.96. The summed E-state index contributed by atoms with van der Waals surface area (Å²) in [7, 11) is 3.66. The standard InChI is InChI=1S/C17H15BrN6O/c1-19-14-12-11(9-3-5-10(18)6-4-9)13-15(20-2)22-8-24-17(13)25-16(12)23-7-21-14/h3-8,11H,1-2H3,(H,19,21,23)(H,20,22,24). The topological polar surface area (TPSA) is 84.9 Å². The van der Waals surface area contributed by atoms with Crippen molar-refractivity contribution in [2.75, 3.05) is 24.7 Å². The molecule has 0 atom stereocenters. The lowest BCUT2D eigenvalue weighted by atomic mass is 9.84. The van der Waals surface area contributed by atoms with E-state index in [4.69, 9.17) is 4.74 Å². The van der Waals surface area contributed by atoms with Crippen molar-refractivity contribution in [2.45, 2.75) is 5.92 Å². The van der Waals surface area contributed by atoms with Gasteiger partial charge in [0.1, 0.15) is 24.3 Å². The van der Waals surface area contributed by atoms with Gasteiger partial charge in [0.2, 0.25) is 11.8 Å². The van der Waals surface area contributed by atoms with Gasteiger partial charge < -0.3 is 15.4 Å². The molecule has 0 saturated heterocycles. The highest BCUT2D eigenvalue weighted by atomic mass is 79.9. The normalized spacial score (nSPS) is 12.8. The van der Waals surface area contributed by atoms with Crippen molar-refractivity contribution in [2.24, 2.45) is 0 Å². The summed E-state index contributed by atoms with van der Waals surface area (Å²) in [5.74, 6) is 2.28. The van der Waals surface area contributed by atoms with Gasteiger partial charge in [-0.1, -0.05) is 28.1 Å². The van der Waals surface area contributed by atoms with Gasteiger partial charge in [-0.05, 0) is 17.7 Å². The minimum atomic E-state index is -0.154. The van der Waals surface area contributed by atoms with Crippen molar-refractivity contribution in [3.8, 4) is 11.8 Å². The van der Waals surface area contributed by atoms with E-state index in [-0.39, 0.29) is 5.92 Å². The maximum Gasteiger partial charge on any atom is 0.230 e. The average molecular weight is 399 g/mol. The van der Waals surface area contributed by atoms with Gasteiger partial charge in [0.25, 0.3) is 0 Å². The van der Waals surface area contributed by atoms with E-state index in [1.54, 1.807) is 0 Å². The number of nitrogens with one attached hydrogen (secondary N) is 2. The number of nitrogens with zero attached hydrogens (tertiary/aromatic N) is 4. The van der Waals surface area contributed by atoms with Crippen LogP contribution < -0.4 is 15.4 Å². The first kappa shape index (κ1) is 15.8. The Balaban J connectivity index is 2.02. The molecule has 1 aromatic carbocycles. The molecule has 0 fully saturated rings. The van der Waals surface area contributed by atoms with Crippen LogP contribution in [0.4, 0.5) is 11.6 Å². The maximum absolute atomic E-state index is 5.95. The molecule has 0 unspecified atom stereocenters. The number of hydrogen-bond donors (Lipinski definition) is 2. The summed E-state index contributed by atoms with van der Waals surface area (Å²) in [6, 6.07) is 8.14. The molecule has 4 rings (SSSR count). The molecular formula is C17H15BrN6O. The number of anilines is 2. The van der Waals surface area contributed by atoms with Crippen molar-refractivity contribution in [1.82, 2.24) is 19.9 Å². The molecule has 8 heteroatoms. The van der Waals surface area contributed by atoms with Gasteiger partial charge in [0.05, 0.1) is 17.0 Å². The van der Waals surface area contributed by atoms with Crippen molar-refractivity contribution < 1.29 is 4.74 Å². The number of hydrogen-bond acceptors (Lipinski definition) is 7. The third kappa shape index (κ3) is 2.58. The Morgan fingerprint density at radius 2 is 1.36 bits per heavy atom. The summed E-state index contributed by atoms with van der Waals surface area (Å²) >= 11 is 3.49. The molecule has 0 spiro atoms. The lowest BCUT2D eigenvalue weighted by Gasteiger charge is -2.29. The molecule has 3 heterocycles. The highest BCUT2D eigenvalue weighted by Crippen LogP contribution is 2.49. The maximum atomic E-state index is 5.95. The Morgan fingerprint density at radius 1 is 0.840 bits per heavy atom. The van der Waals surface area contributed by atoms with Crippen LogP contribution in [0, 0.1) is 0 Å². The van der Waals surface area contributed by atoms with Crippen LogP contribution in [-0.2, 0) is 0 Å². The monoisotopic (exact) mass is 398 g/mol. The largest absolute Gasteiger partial charge is 0.420 e. The fraction of sp³-hybridized carbons (Fsp3) is 0.176. The predicted octanol–water partition coefficient (Wildman–Crippen LogP) is 3.40. The number of benzene rings is 1. The van der Waals surface area contributed by atoms with Crippen LogP contribution in [-0.4, -0.2) is 34.0 Å². The van der Waals surface area contributed by atoms with E-state index >= 15 is 0 Å². The molecule has 0 bridgehead atoms. The van der Waals surface area contributed by atoms with Crippen LogP contribution in [0.15, 0.2) is 41.4 Å². The zero-order valence-corrected chi connectivity index (χ0v) is 15.2. The second kappa shape index (κ2) is 6.29. The van der Waals surface area contributed by atoms with Crippen molar-refractivity contribution >= 4 is 27.6 Å². The van der Waals surface area contributed by atoms with Gasteiger partial charge >= 0.3 is 0 Å². The van der Waals surface area contributed by atoms with Gasteiger partial charge in [-0.15, -0.1) is 0 Å². The van der Waals surface area contributed by atoms with Crippen LogP contribution in [0.5, 0.6) is 11.8 Å². The Morgan fingerprint density at radius 3 is 1.84 bits per heavy atom. The Labute approximate surface area is 153 Å². The number of aromatic nitrogens is 4. The first-order valence-corrected chi connectivity index (χ1v) is 8.50. The zero-order valence-electron chi connectivity index (χ0n) is 13.6. The average Bonchev–Trinajstić information content (AvgIpc) is 2.66. The summed E-state index contributed by atoms with van der Waals surface area (Å²) in [5, 5.41) is 6.27. The molecule has 1 aliphatic heterocycles. The van der Waals surface area contributed by atoms with Crippen LogP contribution >= 0.6 is 15.9 Å². The SMILES string of the molecule is CNc1ncnc2c1C(c1ccc(Br)cc1)c1c(NC)ncnc1O2. The van der Waals surface area contributed by atoms with Gasteiger partial charge in [0, 0.05) is 18.6 Å². The smallest absolute Gasteiger partial charge is 0.230 e. The number of ether oxygens (including phenoxy) is 1. The second-order valence-corrected chi connectivity index (χ2v) is 6.38. The van der Waals surface area contributed by atoms with Crippen molar-refractivity contribution in [3.05, 3.63) is 58.1 Å². The molecule has 2 N–H and O–H groups in total. The number of halogens is 1. The van der Waals surface area contributed by atoms with Gasteiger partial charge in [-0.2, -0.15) is 0 Å². The lowest BCUT2D eigenvalue weighted by Crippen LogP contribution is -2.18. The lowest BCUT2D eigenvalue weighted by molar-refractivity contribution is 0.414. The summed E-state index contributed by atoms with van der Waals surface area (Å²) in [6.07, 6.45) is 2.96. The molecule has 1 aliphatic rings. The molecule has 0 radical (unpaired) electrons. The Kier molecular flexibility index (Phi) is 3.96. The number of rotatable bonds is 3. The van der Waals surface area contributed by atoms with E-state index in [1.165, 1.54) is 12.7 Å². The minimum absolute atomic E-state index is 0.154. The molecule has 25 heavy (non-hydrogen) atoms. The molecule has 3 aromatic rings. The fourth-order valence-electron chi connectivity index (χ4n) is 3.06. The van der Waals surface area contributed by atoms with Gasteiger partial charge in [-0.25, -0.2) is 19.9 Å². The van der Waals surface area contributed by atoms with E-state index in [0.29, 0.717) is 11.8 Å². The quantitative estimate of drug-likeness (QED) is 0.546. The van der Waals surface area contributed by atoms with Crippen LogP contribution in [0.25, 0.3) is 0 Å². The highest BCUT2D eigenvalue weighted by Gasteiger charge is 2.36. The van der Waals surface area contributed by atoms with Crippen LogP contribution in [0.1, 0.15) is 22.6 Å². The molecule has 0 amide bonds. The van der Waals surface area contributed by atoms with Gasteiger partial charge in [-0.3, -0.25) is 0 Å². The summed E-state index contributed by atoms with van der Waals surface area (Å²) in [6.45, 7) is 0. The Hall–Kier alpha value is -2.74. The van der Waals surface area contributed by atoms with Crippen LogP contribution in [0.2, 0.25) is 0 Å². The van der Waals surface area contributed by atoms with E-state index in [2.05, 4.69) is 58.6 Å². The predicted molar refractivity (Wildman–Crippen MR) is 98.3 cm³/mol. The zero-order chi connectivity index (χ0) is 17.4. The molecule has 0 aliphatic carbocycles. The highest BCUT2D eigenvalue weighted by molar-refractivity contribution is 9.10. The second-order valence-electron chi connectivity index (χ2n) is 5.47. The molecule has 0 saturated carbocycles. The first-order chi connectivity index (χ1) is 12.2. The van der Waals surface area contributed by atoms with Gasteiger partial charge in [0.15, 0.2) is 0 Å². The van der Waals surface area contributed by atoms with Crippen LogP contribution in [0.3, 0.4) is 0 Å². The minimum Gasteiger partial charge on any atom is -0.420 e. The number of fused-ring (bicyclic) bond motifs is 2. The molecule has 126 valence electrons. The molecule has 2 aromatic heterocycles. The third-order valence-corrected chi connectivity index (χ3v) is 4.67. The van der Waals surface area contributed by atoms with E-state index in [9.17, 15) is 0 Å². The summed E-state index contributed by atoms with van der Waals surface area (Å²) in [5.41, 5.74) is 2.81. The third-order valence-electron chi connectivity index (χ3n) is 4.14. The molecule has 7 nitrogen and oxygen atoms in total. The summed E-state index contributed by atoms with van der Waals surface area (Å²) in [4.78, 5) is 17.3. The fourth-order valence-corrected chi connectivity index (χ4v) is 3.33. The van der Waals surface area contributed by atoms with Crippen molar-refractivity contribution in [3.63, 3.8) is 0 Å². The van der Waals surface area contributed by atoms with E-state index < -0.39 is 0 Å². The first-order valence-electron chi connectivity index (χ1n) is 7.71. The van der Waals surface area contributed by atoms with E-state index in [1.807, 2.05) is 26.2 Å².